The third-order valence-corrected chi connectivity index (χ3v) is 3.02. The highest BCUT2D eigenvalue weighted by Gasteiger charge is 2.06. The van der Waals surface area contributed by atoms with Crippen LogP contribution in [0.3, 0.4) is 0 Å². The Morgan fingerprint density at radius 2 is 2.05 bits per heavy atom. The van der Waals surface area contributed by atoms with Crippen LogP contribution in [0.25, 0.3) is 0 Å². The molecular weight excluding hydrogens is 257 g/mol. The standard InChI is InChI=1S/C15H16FN3O/c1-10-5-6-12(8-11(10)2)19-15(20)18-9-14-13(16)4-3-7-17-14/h3-8H,9H2,1-2H3,(H2,18,19,20). The Bertz CT molecular complexity index is 628. The molecule has 0 aliphatic rings. The zero-order valence-electron chi connectivity index (χ0n) is 11.4. The monoisotopic (exact) mass is 273 g/mol. The van der Waals surface area contributed by atoms with Crippen molar-refractivity contribution < 1.29 is 9.18 Å². The van der Waals surface area contributed by atoms with Crippen LogP contribution in [0.1, 0.15) is 16.8 Å². The van der Waals surface area contributed by atoms with Gasteiger partial charge in [0.25, 0.3) is 0 Å². The number of anilines is 1. The van der Waals surface area contributed by atoms with E-state index >= 15 is 0 Å². The van der Waals surface area contributed by atoms with Gasteiger partial charge in [-0.05, 0) is 49.2 Å². The van der Waals surface area contributed by atoms with Gasteiger partial charge < -0.3 is 10.6 Å². The molecule has 2 amide bonds. The van der Waals surface area contributed by atoms with E-state index in [1.165, 1.54) is 18.3 Å². The van der Waals surface area contributed by atoms with E-state index in [0.717, 1.165) is 11.1 Å². The molecule has 20 heavy (non-hydrogen) atoms. The number of halogens is 1. The minimum Gasteiger partial charge on any atom is -0.332 e. The van der Waals surface area contributed by atoms with Gasteiger partial charge in [-0.25, -0.2) is 9.18 Å². The number of hydrogen-bond donors (Lipinski definition) is 2. The summed E-state index contributed by atoms with van der Waals surface area (Å²) in [4.78, 5) is 15.6. The Kier molecular flexibility index (Phi) is 4.30. The largest absolute Gasteiger partial charge is 0.332 e. The average molecular weight is 273 g/mol. The van der Waals surface area contributed by atoms with Crippen molar-refractivity contribution in [3.63, 3.8) is 0 Å². The molecule has 2 N–H and O–H groups in total. The summed E-state index contributed by atoms with van der Waals surface area (Å²) in [5.74, 6) is -0.431. The molecule has 0 saturated carbocycles. The molecule has 0 fully saturated rings. The maximum absolute atomic E-state index is 13.3. The van der Waals surface area contributed by atoms with Crippen LogP contribution < -0.4 is 10.6 Å². The molecule has 1 aromatic carbocycles. The second kappa shape index (κ2) is 6.14. The SMILES string of the molecule is Cc1ccc(NC(=O)NCc2ncccc2F)cc1C. The number of nitrogens with one attached hydrogen (secondary N) is 2. The number of rotatable bonds is 3. The Morgan fingerprint density at radius 3 is 2.75 bits per heavy atom. The highest BCUT2D eigenvalue weighted by atomic mass is 19.1. The fourth-order valence-electron chi connectivity index (χ4n) is 1.71. The van der Waals surface area contributed by atoms with E-state index in [4.69, 9.17) is 0 Å². The lowest BCUT2D eigenvalue weighted by Crippen LogP contribution is -2.28. The zero-order chi connectivity index (χ0) is 14.5. The molecule has 2 aromatic rings. The number of aromatic nitrogens is 1. The predicted octanol–water partition coefficient (Wildman–Crippen LogP) is 3.16. The second-order valence-corrected chi connectivity index (χ2v) is 4.54. The highest BCUT2D eigenvalue weighted by molar-refractivity contribution is 5.89. The van der Waals surface area contributed by atoms with Crippen molar-refractivity contribution in [2.75, 3.05) is 5.32 Å². The van der Waals surface area contributed by atoms with E-state index in [1.54, 1.807) is 0 Å². The fraction of sp³-hybridized carbons (Fsp3) is 0.200. The van der Waals surface area contributed by atoms with Gasteiger partial charge in [-0.15, -0.1) is 0 Å². The smallest absolute Gasteiger partial charge is 0.319 e. The lowest BCUT2D eigenvalue weighted by Gasteiger charge is -2.09. The number of urea groups is 1. The van der Waals surface area contributed by atoms with Crippen LogP contribution in [0.4, 0.5) is 14.9 Å². The molecule has 1 aromatic heterocycles. The van der Waals surface area contributed by atoms with Crippen LogP contribution in [0, 0.1) is 19.7 Å². The van der Waals surface area contributed by atoms with Crippen LogP contribution in [-0.2, 0) is 6.54 Å². The van der Waals surface area contributed by atoms with Crippen molar-refractivity contribution in [1.82, 2.24) is 10.3 Å². The van der Waals surface area contributed by atoms with E-state index < -0.39 is 11.8 Å². The third-order valence-electron chi connectivity index (χ3n) is 3.02. The van der Waals surface area contributed by atoms with Crippen LogP contribution in [0.5, 0.6) is 0 Å². The summed E-state index contributed by atoms with van der Waals surface area (Å²) in [5.41, 5.74) is 3.17. The quantitative estimate of drug-likeness (QED) is 0.902. The molecule has 104 valence electrons. The number of benzene rings is 1. The van der Waals surface area contributed by atoms with E-state index in [9.17, 15) is 9.18 Å². The average Bonchev–Trinajstić information content (AvgIpc) is 2.42. The summed E-state index contributed by atoms with van der Waals surface area (Å²) in [6.07, 6.45) is 1.49. The minimum atomic E-state index is -0.431. The van der Waals surface area contributed by atoms with Crippen LogP contribution in [0.2, 0.25) is 0 Å². The first kappa shape index (κ1) is 14.0. The molecule has 4 nitrogen and oxygen atoms in total. The van der Waals surface area contributed by atoms with Crippen LogP contribution in [0.15, 0.2) is 36.5 Å². The van der Waals surface area contributed by atoms with Crippen LogP contribution in [-0.4, -0.2) is 11.0 Å². The summed E-state index contributed by atoms with van der Waals surface area (Å²) in [5, 5.41) is 5.27. The van der Waals surface area contributed by atoms with Crippen molar-refractivity contribution in [2.45, 2.75) is 20.4 Å². The molecular formula is C15H16FN3O. The molecule has 2 rings (SSSR count). The number of pyridine rings is 1. The summed E-state index contributed by atoms with van der Waals surface area (Å²) >= 11 is 0. The molecule has 0 aliphatic carbocycles. The maximum atomic E-state index is 13.3. The Balaban J connectivity index is 1.93. The minimum absolute atomic E-state index is 0.0450. The van der Waals surface area contributed by atoms with Gasteiger partial charge in [0, 0.05) is 11.9 Å². The maximum Gasteiger partial charge on any atom is 0.319 e. The number of aryl methyl sites for hydroxylation is 2. The first-order valence-electron chi connectivity index (χ1n) is 6.28. The molecule has 0 spiro atoms. The van der Waals surface area contributed by atoms with Gasteiger partial charge in [-0.3, -0.25) is 4.98 Å². The molecule has 0 saturated heterocycles. The molecule has 1 heterocycles. The van der Waals surface area contributed by atoms with Crippen molar-refractivity contribution in [3.05, 3.63) is 59.2 Å². The van der Waals surface area contributed by atoms with Gasteiger partial charge in [-0.2, -0.15) is 0 Å². The van der Waals surface area contributed by atoms with E-state index in [1.807, 2.05) is 32.0 Å². The molecule has 0 unspecified atom stereocenters. The molecule has 5 heteroatoms. The summed E-state index contributed by atoms with van der Waals surface area (Å²) < 4.78 is 13.3. The van der Waals surface area contributed by atoms with Crippen molar-refractivity contribution in [2.24, 2.45) is 0 Å². The highest BCUT2D eigenvalue weighted by Crippen LogP contribution is 2.13. The lowest BCUT2D eigenvalue weighted by atomic mass is 10.1. The first-order chi connectivity index (χ1) is 9.56. The van der Waals surface area contributed by atoms with Crippen molar-refractivity contribution in [1.29, 1.82) is 0 Å². The molecule has 0 radical (unpaired) electrons. The van der Waals surface area contributed by atoms with Crippen LogP contribution >= 0.6 is 0 Å². The summed E-state index contributed by atoms with van der Waals surface area (Å²) in [6.45, 7) is 4.02. The Hall–Kier alpha value is -2.43. The third kappa shape index (κ3) is 3.54. The summed E-state index contributed by atoms with van der Waals surface area (Å²) in [6, 6.07) is 8.07. The second-order valence-electron chi connectivity index (χ2n) is 4.54. The van der Waals surface area contributed by atoms with Gasteiger partial charge in [0.05, 0.1) is 12.2 Å². The Labute approximate surface area is 117 Å². The van der Waals surface area contributed by atoms with E-state index in [2.05, 4.69) is 15.6 Å². The van der Waals surface area contributed by atoms with Gasteiger partial charge in [-0.1, -0.05) is 6.07 Å². The Morgan fingerprint density at radius 1 is 1.25 bits per heavy atom. The molecule has 0 bridgehead atoms. The van der Waals surface area contributed by atoms with E-state index in [-0.39, 0.29) is 12.2 Å². The number of nitrogens with zero attached hydrogens (tertiary/aromatic N) is 1. The normalized spacial score (nSPS) is 10.2. The summed E-state index contributed by atoms with van der Waals surface area (Å²) in [7, 11) is 0. The number of hydrogen-bond acceptors (Lipinski definition) is 2. The lowest BCUT2D eigenvalue weighted by molar-refractivity contribution is 0.251. The molecule has 0 aliphatic heterocycles. The van der Waals surface area contributed by atoms with Gasteiger partial charge in [0.1, 0.15) is 5.82 Å². The number of carbonyl (C=O) groups excluding carboxylic acids is 1. The van der Waals surface area contributed by atoms with Gasteiger partial charge >= 0.3 is 6.03 Å². The van der Waals surface area contributed by atoms with Crippen molar-refractivity contribution >= 4 is 11.7 Å². The first-order valence-corrected chi connectivity index (χ1v) is 6.28. The fourth-order valence-corrected chi connectivity index (χ4v) is 1.71. The molecule has 0 atom stereocenters. The van der Waals surface area contributed by atoms with Crippen molar-refractivity contribution in [3.8, 4) is 0 Å². The number of carbonyl (C=O) groups is 1. The van der Waals surface area contributed by atoms with E-state index in [0.29, 0.717) is 5.69 Å². The topological polar surface area (TPSA) is 54.0 Å². The number of amides is 2. The predicted molar refractivity (Wildman–Crippen MR) is 76.0 cm³/mol. The van der Waals surface area contributed by atoms with Gasteiger partial charge in [0.15, 0.2) is 0 Å². The zero-order valence-corrected chi connectivity index (χ0v) is 11.4. The van der Waals surface area contributed by atoms with Gasteiger partial charge in [0.2, 0.25) is 0 Å².